The molecule has 1 aliphatic heterocycles. The lowest BCUT2D eigenvalue weighted by Gasteiger charge is -2.26. The number of nitrogens with one attached hydrogen (secondary N) is 2. The smallest absolute Gasteiger partial charge is 0.276 e. The SMILES string of the molecule is O=C(CCN1CCOCC1)Nc1cc(NC(=O)c2nn(-c3ccccc3F)c3c2CCC3)ccc1F. The number of nitrogens with zero attached hydrogens (tertiary/aromatic N) is 3. The van der Waals surface area contributed by atoms with Crippen molar-refractivity contribution in [3.8, 4) is 5.69 Å². The van der Waals surface area contributed by atoms with E-state index in [1.807, 2.05) is 0 Å². The number of halogens is 2. The molecule has 0 atom stereocenters. The Morgan fingerprint density at radius 3 is 2.61 bits per heavy atom. The molecular formula is C26H27F2N5O3. The highest BCUT2D eigenvalue weighted by molar-refractivity contribution is 6.04. The van der Waals surface area contributed by atoms with Gasteiger partial charge in [-0.3, -0.25) is 14.5 Å². The first-order valence-corrected chi connectivity index (χ1v) is 12.1. The molecule has 0 saturated carbocycles. The first-order chi connectivity index (χ1) is 17.5. The summed E-state index contributed by atoms with van der Waals surface area (Å²) in [6.07, 6.45) is 2.43. The molecule has 3 aromatic rings. The number of fused-ring (bicyclic) bond motifs is 1. The van der Waals surface area contributed by atoms with Gasteiger partial charge in [-0.15, -0.1) is 0 Å². The van der Waals surface area contributed by atoms with Crippen LogP contribution in [0, 0.1) is 11.6 Å². The number of carbonyl (C=O) groups excluding carboxylic acids is 2. The van der Waals surface area contributed by atoms with E-state index in [1.54, 1.807) is 18.2 Å². The first kappa shape index (κ1) is 24.1. The molecule has 188 valence electrons. The molecule has 1 saturated heterocycles. The summed E-state index contributed by atoms with van der Waals surface area (Å²) in [4.78, 5) is 27.6. The number of amides is 2. The van der Waals surface area contributed by atoms with E-state index < -0.39 is 17.5 Å². The maximum Gasteiger partial charge on any atom is 0.276 e. The van der Waals surface area contributed by atoms with Crippen molar-refractivity contribution in [2.75, 3.05) is 43.5 Å². The van der Waals surface area contributed by atoms with Crippen LogP contribution in [0.5, 0.6) is 0 Å². The van der Waals surface area contributed by atoms with Crippen molar-refractivity contribution < 1.29 is 23.1 Å². The highest BCUT2D eigenvalue weighted by atomic mass is 19.1. The zero-order chi connectivity index (χ0) is 25.1. The van der Waals surface area contributed by atoms with Crippen LogP contribution in [0.25, 0.3) is 5.69 Å². The number of carbonyl (C=O) groups is 2. The topological polar surface area (TPSA) is 88.5 Å². The minimum Gasteiger partial charge on any atom is -0.379 e. The number of para-hydroxylation sites is 1. The fourth-order valence-electron chi connectivity index (χ4n) is 4.63. The number of ether oxygens (including phenoxy) is 1. The predicted molar refractivity (Wildman–Crippen MR) is 130 cm³/mol. The van der Waals surface area contributed by atoms with Gasteiger partial charge in [-0.1, -0.05) is 12.1 Å². The largest absolute Gasteiger partial charge is 0.379 e. The average molecular weight is 496 g/mol. The molecule has 2 aromatic carbocycles. The van der Waals surface area contributed by atoms with E-state index in [0.717, 1.165) is 30.8 Å². The van der Waals surface area contributed by atoms with Crippen LogP contribution in [0.1, 0.15) is 34.6 Å². The van der Waals surface area contributed by atoms with Gasteiger partial charge in [-0.2, -0.15) is 5.10 Å². The Balaban J connectivity index is 1.29. The summed E-state index contributed by atoms with van der Waals surface area (Å²) in [5, 5.41) is 9.76. The molecule has 0 radical (unpaired) electrons. The monoisotopic (exact) mass is 495 g/mol. The zero-order valence-electron chi connectivity index (χ0n) is 19.7. The highest BCUT2D eigenvalue weighted by Crippen LogP contribution is 2.29. The van der Waals surface area contributed by atoms with E-state index in [-0.39, 0.29) is 23.7 Å². The Hall–Kier alpha value is -3.63. The predicted octanol–water partition coefficient (Wildman–Crippen LogP) is 3.55. The highest BCUT2D eigenvalue weighted by Gasteiger charge is 2.28. The van der Waals surface area contributed by atoms with Gasteiger partial charge in [0.2, 0.25) is 5.91 Å². The lowest BCUT2D eigenvalue weighted by atomic mass is 10.2. The molecule has 2 aliphatic rings. The lowest BCUT2D eigenvalue weighted by Crippen LogP contribution is -2.38. The summed E-state index contributed by atoms with van der Waals surface area (Å²) in [6.45, 7) is 3.36. The minimum absolute atomic E-state index is 0.0121. The first-order valence-electron chi connectivity index (χ1n) is 12.1. The van der Waals surface area contributed by atoms with Gasteiger partial charge in [-0.25, -0.2) is 13.5 Å². The minimum atomic E-state index is -0.600. The molecule has 10 heteroatoms. The lowest BCUT2D eigenvalue weighted by molar-refractivity contribution is -0.116. The number of hydrogen-bond donors (Lipinski definition) is 2. The van der Waals surface area contributed by atoms with Crippen LogP contribution in [-0.4, -0.2) is 59.3 Å². The number of morpholine rings is 1. The van der Waals surface area contributed by atoms with Gasteiger partial charge in [0.15, 0.2) is 5.69 Å². The van der Waals surface area contributed by atoms with Crippen LogP contribution in [0.2, 0.25) is 0 Å². The Morgan fingerprint density at radius 1 is 1.00 bits per heavy atom. The van der Waals surface area contributed by atoms with Gasteiger partial charge in [0.25, 0.3) is 5.91 Å². The second-order valence-corrected chi connectivity index (χ2v) is 8.89. The summed E-state index contributed by atoms with van der Waals surface area (Å²) in [7, 11) is 0. The second kappa shape index (κ2) is 10.5. The van der Waals surface area contributed by atoms with Gasteiger partial charge >= 0.3 is 0 Å². The van der Waals surface area contributed by atoms with Crippen LogP contribution < -0.4 is 10.6 Å². The van der Waals surface area contributed by atoms with E-state index >= 15 is 0 Å². The molecule has 5 rings (SSSR count). The third-order valence-electron chi connectivity index (χ3n) is 6.48. The number of benzene rings is 2. The Bertz CT molecular complexity index is 1290. The van der Waals surface area contributed by atoms with Crippen molar-refractivity contribution in [3.63, 3.8) is 0 Å². The van der Waals surface area contributed by atoms with Crippen LogP contribution >= 0.6 is 0 Å². The molecule has 0 bridgehead atoms. The summed E-state index contributed by atoms with van der Waals surface area (Å²) >= 11 is 0. The Labute approximate surface area is 207 Å². The van der Waals surface area contributed by atoms with E-state index in [4.69, 9.17) is 4.74 Å². The van der Waals surface area contributed by atoms with Crippen LogP contribution in [0.4, 0.5) is 20.2 Å². The van der Waals surface area contributed by atoms with Crippen molar-refractivity contribution >= 4 is 23.2 Å². The van der Waals surface area contributed by atoms with Gasteiger partial charge < -0.3 is 15.4 Å². The molecule has 1 fully saturated rings. The number of anilines is 2. The molecule has 1 aliphatic carbocycles. The quantitative estimate of drug-likeness (QED) is 0.524. The third-order valence-corrected chi connectivity index (χ3v) is 6.48. The van der Waals surface area contributed by atoms with Gasteiger partial charge in [0.05, 0.1) is 18.9 Å². The van der Waals surface area contributed by atoms with Crippen molar-refractivity contribution in [3.05, 3.63) is 71.1 Å². The average Bonchev–Trinajstić information content (AvgIpc) is 3.49. The summed E-state index contributed by atoms with van der Waals surface area (Å²) in [5.74, 6) is -1.81. The van der Waals surface area contributed by atoms with Crippen molar-refractivity contribution in [2.24, 2.45) is 0 Å². The van der Waals surface area contributed by atoms with Crippen LogP contribution in [-0.2, 0) is 22.4 Å². The number of hydrogen-bond acceptors (Lipinski definition) is 5. The molecule has 2 amide bonds. The van der Waals surface area contributed by atoms with Crippen LogP contribution in [0.3, 0.4) is 0 Å². The van der Waals surface area contributed by atoms with Crippen molar-refractivity contribution in [1.29, 1.82) is 0 Å². The molecule has 0 spiro atoms. The Morgan fingerprint density at radius 2 is 1.81 bits per heavy atom. The summed E-state index contributed by atoms with van der Waals surface area (Å²) in [6, 6.07) is 10.3. The van der Waals surface area contributed by atoms with E-state index in [9.17, 15) is 18.4 Å². The maximum atomic E-state index is 14.4. The summed E-state index contributed by atoms with van der Waals surface area (Å²) < 4.78 is 35.6. The standard InChI is InChI=1S/C26H27F2N5O3/c27-19-9-8-17(16-21(19)30-24(34)10-11-32-12-14-36-15-13-32)29-26(35)25-18-4-3-7-22(18)33(31-25)23-6-2-1-5-20(23)28/h1-2,5-6,8-9,16H,3-4,7,10-15H2,(H,29,35)(H,30,34). The fraction of sp³-hybridized carbons (Fsp3) is 0.346. The van der Waals surface area contributed by atoms with E-state index in [0.29, 0.717) is 44.0 Å². The normalized spacial score (nSPS) is 15.5. The maximum absolute atomic E-state index is 14.4. The molecular weight excluding hydrogens is 468 g/mol. The Kier molecular flexibility index (Phi) is 7.06. The second-order valence-electron chi connectivity index (χ2n) is 8.89. The van der Waals surface area contributed by atoms with Gasteiger partial charge in [0.1, 0.15) is 17.3 Å². The fourth-order valence-corrected chi connectivity index (χ4v) is 4.63. The van der Waals surface area contributed by atoms with E-state index in [2.05, 4.69) is 20.6 Å². The number of rotatable bonds is 7. The zero-order valence-corrected chi connectivity index (χ0v) is 19.7. The molecule has 0 unspecified atom stereocenters. The summed E-state index contributed by atoms with van der Waals surface area (Å²) in [5.41, 5.74) is 2.41. The molecule has 1 aromatic heterocycles. The van der Waals surface area contributed by atoms with E-state index in [1.165, 1.54) is 28.9 Å². The van der Waals surface area contributed by atoms with Crippen molar-refractivity contribution in [2.45, 2.75) is 25.7 Å². The van der Waals surface area contributed by atoms with Crippen LogP contribution in [0.15, 0.2) is 42.5 Å². The molecule has 2 N–H and O–H groups in total. The molecule has 2 heterocycles. The third kappa shape index (κ3) is 5.14. The number of aromatic nitrogens is 2. The molecule has 8 nitrogen and oxygen atoms in total. The molecule has 36 heavy (non-hydrogen) atoms. The van der Waals surface area contributed by atoms with Gasteiger partial charge in [0, 0.05) is 43.0 Å². The van der Waals surface area contributed by atoms with Crippen molar-refractivity contribution in [1.82, 2.24) is 14.7 Å². The van der Waals surface area contributed by atoms with Gasteiger partial charge in [-0.05, 0) is 49.6 Å².